The monoisotopic (exact) mass is 1040 g/mol. The number of likely N-dealkylation sites (tertiary alicyclic amines) is 1. The van der Waals surface area contributed by atoms with Crippen molar-refractivity contribution in [3.63, 3.8) is 0 Å². The summed E-state index contributed by atoms with van der Waals surface area (Å²) in [5.74, 6) is -5.12. The number of imidazole rings is 1. The minimum atomic E-state index is -4.75. The molecule has 1 aromatic heterocycles. The van der Waals surface area contributed by atoms with Crippen molar-refractivity contribution in [3.05, 3.63) is 54.1 Å². The molecule has 1 aromatic carbocycles. The van der Waals surface area contributed by atoms with Gasteiger partial charge in [0, 0.05) is 37.2 Å². The van der Waals surface area contributed by atoms with E-state index >= 15 is 0 Å². The van der Waals surface area contributed by atoms with Gasteiger partial charge < -0.3 is 67.4 Å². The Bertz CT molecular complexity index is 2020. The molecule has 8 atom stereocenters. The number of primary amides is 1. The molecular formula is C45H73N10O14PS. The van der Waals surface area contributed by atoms with Crippen molar-refractivity contribution >= 4 is 61.8 Å². The Hall–Kier alpha value is -4.98. The van der Waals surface area contributed by atoms with E-state index in [0.29, 0.717) is 37.9 Å². The molecule has 0 bridgehead atoms. The number of carbonyl (C=O) groups is 7. The number of ether oxygens (including phenoxy) is 2. The van der Waals surface area contributed by atoms with Gasteiger partial charge in [0.1, 0.15) is 30.2 Å². The second kappa shape index (κ2) is 32.2. The standard InChI is InChI=1S/C45H73N10O14PS/c1-29(2)23-34(52-45(63)37-14-10-17-55(37)38(57)15-19-66-21-22-67-20-16-49-41(59)33(46)27-71)42(60)51-35(24-32-25-48-28-50-32)43(61)53-36(26-56)44(62)54-39(40(47)58)30(3)69-70(64,65)68-18-9-5-8-13-31-11-6-4-7-12-31/h4,6-7,11-12,25,28-30,33-37,39,56,71H,5,8-10,13-24,26-27,46H2,1-3H3,(H2,47,58)(H,48,50)(H,49,59)(H,51,60)(H,52,63)(H,53,61)(H,54,62)(H,64,65)/t30-,33+,34+,35+,36+,37+,39+/m1/s1. The first-order chi connectivity index (χ1) is 33.8. The molecule has 2 aromatic rings. The van der Waals surface area contributed by atoms with Crippen LogP contribution in [0.25, 0.3) is 0 Å². The average Bonchev–Trinajstić information content (AvgIpc) is 4.05. The number of carbonyl (C=O) groups excluding carboxylic acids is 7. The summed E-state index contributed by atoms with van der Waals surface area (Å²) < 4.78 is 33.9. The number of nitrogens with one attached hydrogen (secondary N) is 6. The number of aliphatic hydroxyl groups is 1. The summed E-state index contributed by atoms with van der Waals surface area (Å²) in [5, 5.41) is 22.9. The quantitative estimate of drug-likeness (QED) is 0.0227. The highest BCUT2D eigenvalue weighted by Crippen LogP contribution is 2.45. The summed E-state index contributed by atoms with van der Waals surface area (Å²) >= 11 is 3.98. The number of nitrogens with two attached hydrogens (primary N) is 2. The number of benzene rings is 1. The largest absolute Gasteiger partial charge is 0.472 e. The Morgan fingerprint density at radius 3 is 2.21 bits per heavy atom. The van der Waals surface area contributed by atoms with Crippen LogP contribution in [0.5, 0.6) is 0 Å². The van der Waals surface area contributed by atoms with E-state index in [2.05, 4.69) is 49.2 Å². The third kappa shape index (κ3) is 22.5. The Morgan fingerprint density at radius 2 is 1.56 bits per heavy atom. The van der Waals surface area contributed by atoms with Gasteiger partial charge in [-0.1, -0.05) is 50.6 Å². The fraction of sp³-hybridized carbons (Fsp3) is 0.644. The lowest BCUT2D eigenvalue weighted by Gasteiger charge is -2.29. The molecule has 1 aliphatic rings. The molecule has 1 fully saturated rings. The van der Waals surface area contributed by atoms with Gasteiger partial charge >= 0.3 is 7.82 Å². The van der Waals surface area contributed by atoms with Gasteiger partial charge in [0.05, 0.1) is 64.5 Å². The van der Waals surface area contributed by atoms with Gasteiger partial charge in [0.15, 0.2) is 0 Å². The summed E-state index contributed by atoms with van der Waals surface area (Å²) in [6.45, 7) is 5.02. The Kier molecular flexibility index (Phi) is 27.3. The van der Waals surface area contributed by atoms with Crippen LogP contribution in [0.15, 0.2) is 42.9 Å². The first kappa shape index (κ1) is 60.3. The third-order valence-electron chi connectivity index (χ3n) is 11.1. The third-order valence-corrected chi connectivity index (χ3v) is 12.6. The second-order valence-corrected chi connectivity index (χ2v) is 19.1. The Balaban J connectivity index is 1.56. The van der Waals surface area contributed by atoms with Gasteiger partial charge in [-0.3, -0.25) is 42.6 Å². The second-order valence-electron chi connectivity index (χ2n) is 17.4. The number of aryl methyl sites for hydroxylation is 1. The molecule has 0 spiro atoms. The predicted molar refractivity (Wildman–Crippen MR) is 262 cm³/mol. The number of rotatable bonds is 35. The topological polar surface area (TPSA) is 358 Å². The summed E-state index contributed by atoms with van der Waals surface area (Å²) in [5.41, 5.74) is 12.7. The lowest BCUT2D eigenvalue weighted by molar-refractivity contribution is -0.140. The number of phosphoric acid groups is 1. The Labute approximate surface area is 419 Å². The fourth-order valence-electron chi connectivity index (χ4n) is 7.37. The van der Waals surface area contributed by atoms with Crippen LogP contribution in [0.2, 0.25) is 0 Å². The van der Waals surface area contributed by atoms with E-state index in [4.69, 9.17) is 30.0 Å². The molecule has 71 heavy (non-hydrogen) atoms. The molecule has 398 valence electrons. The van der Waals surface area contributed by atoms with Crippen LogP contribution in [0, 0.1) is 5.92 Å². The summed E-state index contributed by atoms with van der Waals surface area (Å²) in [6, 6.07) is 2.19. The number of nitrogens with zero attached hydrogens (tertiary/aromatic N) is 2. The van der Waals surface area contributed by atoms with Gasteiger partial charge in [-0.05, 0) is 56.9 Å². The fourth-order valence-corrected chi connectivity index (χ4v) is 8.49. The van der Waals surface area contributed by atoms with Crippen LogP contribution in [0.1, 0.15) is 77.0 Å². The molecule has 12 N–H and O–H groups in total. The number of H-pyrrole nitrogens is 1. The number of unbranched alkanes of at least 4 members (excludes halogenated alkanes) is 2. The molecule has 7 amide bonds. The van der Waals surface area contributed by atoms with Crippen LogP contribution in [-0.4, -0.2) is 167 Å². The van der Waals surface area contributed by atoms with E-state index in [0.717, 1.165) is 18.4 Å². The number of aromatic amines is 1. The summed E-state index contributed by atoms with van der Waals surface area (Å²) in [6.07, 6.45) is 4.84. The maximum Gasteiger partial charge on any atom is 0.472 e. The smallest absolute Gasteiger partial charge is 0.394 e. The lowest BCUT2D eigenvalue weighted by Crippen LogP contribution is -2.61. The zero-order chi connectivity index (χ0) is 52.3. The normalized spacial score (nSPS) is 17.0. The van der Waals surface area contributed by atoms with E-state index in [1.54, 1.807) is 0 Å². The van der Waals surface area contributed by atoms with Gasteiger partial charge in [-0.2, -0.15) is 12.6 Å². The minimum absolute atomic E-state index is 0.0131. The molecule has 0 aliphatic carbocycles. The number of hydrogen-bond acceptors (Lipinski definition) is 16. The van der Waals surface area contributed by atoms with Crippen molar-refractivity contribution in [2.45, 2.75) is 121 Å². The molecular weight excluding hydrogens is 968 g/mol. The van der Waals surface area contributed by atoms with Crippen molar-refractivity contribution in [2.24, 2.45) is 17.4 Å². The number of aromatic nitrogens is 2. The zero-order valence-electron chi connectivity index (χ0n) is 40.6. The number of phosphoric ester groups is 1. The van der Waals surface area contributed by atoms with E-state index in [1.165, 1.54) is 24.3 Å². The molecule has 26 heteroatoms. The van der Waals surface area contributed by atoms with Gasteiger partial charge in [0.25, 0.3) is 0 Å². The molecule has 1 unspecified atom stereocenters. The molecule has 0 radical (unpaired) electrons. The van der Waals surface area contributed by atoms with E-state index < -0.39 is 86.3 Å². The minimum Gasteiger partial charge on any atom is -0.394 e. The highest BCUT2D eigenvalue weighted by molar-refractivity contribution is 7.80. The van der Waals surface area contributed by atoms with Gasteiger partial charge in [-0.15, -0.1) is 0 Å². The van der Waals surface area contributed by atoms with E-state index in [1.807, 2.05) is 44.2 Å². The first-order valence-electron chi connectivity index (χ1n) is 23.7. The zero-order valence-corrected chi connectivity index (χ0v) is 42.4. The van der Waals surface area contributed by atoms with Crippen molar-refractivity contribution < 1.29 is 66.6 Å². The van der Waals surface area contributed by atoms with Crippen molar-refractivity contribution in [1.29, 1.82) is 0 Å². The van der Waals surface area contributed by atoms with E-state index in [9.17, 15) is 48.1 Å². The molecule has 1 aliphatic heterocycles. The van der Waals surface area contributed by atoms with Crippen LogP contribution >= 0.6 is 20.5 Å². The van der Waals surface area contributed by atoms with Crippen LogP contribution in [-0.2, 0) is 69.5 Å². The van der Waals surface area contributed by atoms with Crippen molar-refractivity contribution in [1.82, 2.24) is 41.5 Å². The Morgan fingerprint density at radius 1 is 0.887 bits per heavy atom. The predicted octanol–water partition coefficient (Wildman–Crippen LogP) is -0.862. The highest BCUT2D eigenvalue weighted by Gasteiger charge is 2.38. The number of amides is 7. The summed E-state index contributed by atoms with van der Waals surface area (Å²) in [7, 11) is -4.75. The molecule has 24 nitrogen and oxygen atoms in total. The SMILES string of the molecule is CC(C)C[C@H](NC(=O)[C@@H]1CCCN1C(=O)CCOCCOCCNC(=O)[C@@H](N)CS)C(=O)N[C@@H](Cc1cnc[nH]1)C(=O)N[C@@H](CO)C(=O)N[C@H](C(N)=O)[C@@H](C)OP(=O)(O)OCCCCCc1ccccc1. The summed E-state index contributed by atoms with van der Waals surface area (Å²) in [4.78, 5) is 111. The number of aliphatic hydroxyl groups excluding tert-OH is 1. The average molecular weight is 1040 g/mol. The number of hydrogen-bond donors (Lipinski definition) is 11. The van der Waals surface area contributed by atoms with Crippen LogP contribution in [0.3, 0.4) is 0 Å². The molecule has 0 saturated carbocycles. The lowest BCUT2D eigenvalue weighted by atomic mass is 10.0. The highest BCUT2D eigenvalue weighted by atomic mass is 32.1. The van der Waals surface area contributed by atoms with E-state index in [-0.39, 0.29) is 82.3 Å². The maximum absolute atomic E-state index is 14.0. The number of thiol groups is 1. The van der Waals surface area contributed by atoms with Crippen LogP contribution < -0.4 is 38.1 Å². The van der Waals surface area contributed by atoms with Crippen molar-refractivity contribution in [3.8, 4) is 0 Å². The molecule has 2 heterocycles. The first-order valence-corrected chi connectivity index (χ1v) is 25.9. The molecule has 3 rings (SSSR count). The molecule has 1 saturated heterocycles. The van der Waals surface area contributed by atoms with Crippen molar-refractivity contribution in [2.75, 3.05) is 58.5 Å². The van der Waals surface area contributed by atoms with Crippen LogP contribution in [0.4, 0.5) is 0 Å². The maximum atomic E-state index is 14.0. The van der Waals surface area contributed by atoms with Gasteiger partial charge in [-0.25, -0.2) is 9.55 Å². The van der Waals surface area contributed by atoms with Gasteiger partial charge in [0.2, 0.25) is 41.4 Å².